The molecule has 0 bridgehead atoms. The van der Waals surface area contributed by atoms with Crippen molar-refractivity contribution in [1.29, 1.82) is 0 Å². The standard InChI is InChI=1S/C47H78N4O8Si4/c1-44(2,3)60(13,14)56-28-37-21-32(22-38(48-37)29-57-61(15,16)45(4,5)6)41(52)50-35-25-34(43(54)55)26-36(27-35)51-42(53)33-23-39(30-58-62(17,18)46(7,8)9)49-40(24-33)31-59-63(19,20)47(10,11)12/h21-27H,28-31H2,1-20H3,(H,50,52)(H,51,53)(H,54,55). The maximum atomic E-state index is 14.1. The lowest BCUT2D eigenvalue weighted by Gasteiger charge is -2.36. The van der Waals surface area contributed by atoms with Gasteiger partial charge in [0.05, 0.1) is 54.8 Å². The van der Waals surface area contributed by atoms with Crippen LogP contribution in [0.3, 0.4) is 0 Å². The zero-order valence-corrected chi connectivity index (χ0v) is 46.1. The molecule has 16 heteroatoms. The molecule has 0 saturated carbocycles. The van der Waals surface area contributed by atoms with Crippen LogP contribution in [-0.2, 0) is 44.1 Å². The van der Waals surface area contributed by atoms with Crippen molar-refractivity contribution in [3.8, 4) is 0 Å². The first kappa shape index (κ1) is 54.0. The Bertz CT molecular complexity index is 1890. The summed E-state index contributed by atoms with van der Waals surface area (Å²) in [6, 6.07) is 11.1. The Labute approximate surface area is 382 Å². The highest BCUT2D eigenvalue weighted by atomic mass is 28.4. The molecular weight excluding hydrogens is 861 g/mol. The first-order valence-electron chi connectivity index (χ1n) is 21.9. The number of rotatable bonds is 17. The fourth-order valence-corrected chi connectivity index (χ4v) is 8.81. The molecule has 2 heterocycles. The van der Waals surface area contributed by atoms with E-state index >= 15 is 0 Å². The number of carbonyl (C=O) groups excluding carboxylic acids is 2. The van der Waals surface area contributed by atoms with E-state index in [4.69, 9.17) is 27.7 Å². The average molecular weight is 940 g/mol. The van der Waals surface area contributed by atoms with Gasteiger partial charge in [0.25, 0.3) is 11.8 Å². The van der Waals surface area contributed by atoms with Gasteiger partial charge in [-0.2, -0.15) is 0 Å². The van der Waals surface area contributed by atoms with Crippen molar-refractivity contribution >= 4 is 62.4 Å². The van der Waals surface area contributed by atoms with Crippen LogP contribution in [0, 0.1) is 0 Å². The number of carboxylic acid groups (broad SMARTS) is 1. The molecule has 2 aromatic heterocycles. The summed E-state index contributed by atoms with van der Waals surface area (Å²) in [6.07, 6.45) is 0. The van der Waals surface area contributed by atoms with Crippen molar-refractivity contribution in [2.45, 2.75) is 182 Å². The van der Waals surface area contributed by atoms with Crippen LogP contribution >= 0.6 is 0 Å². The van der Waals surface area contributed by atoms with Crippen LogP contribution < -0.4 is 10.6 Å². The molecular formula is C47H78N4O8Si4. The van der Waals surface area contributed by atoms with Gasteiger partial charge >= 0.3 is 5.97 Å². The topological polar surface area (TPSA) is 158 Å². The van der Waals surface area contributed by atoms with Crippen molar-refractivity contribution in [2.75, 3.05) is 10.6 Å². The molecule has 63 heavy (non-hydrogen) atoms. The largest absolute Gasteiger partial charge is 0.478 e. The van der Waals surface area contributed by atoms with E-state index in [9.17, 15) is 19.5 Å². The number of carboxylic acids is 1. The number of benzene rings is 1. The molecule has 0 unspecified atom stereocenters. The monoisotopic (exact) mass is 938 g/mol. The molecule has 0 saturated heterocycles. The van der Waals surface area contributed by atoms with Gasteiger partial charge in [-0.05, 0) is 115 Å². The van der Waals surface area contributed by atoms with Crippen LogP contribution in [0.15, 0.2) is 42.5 Å². The molecule has 0 fully saturated rings. The molecule has 3 rings (SSSR count). The number of hydrogen-bond acceptors (Lipinski definition) is 9. The van der Waals surface area contributed by atoms with E-state index < -0.39 is 51.1 Å². The van der Waals surface area contributed by atoms with E-state index in [0.29, 0.717) is 33.9 Å². The van der Waals surface area contributed by atoms with Crippen molar-refractivity contribution < 1.29 is 37.2 Å². The van der Waals surface area contributed by atoms with Crippen molar-refractivity contribution in [3.63, 3.8) is 0 Å². The SMILES string of the molecule is CC(C)(C)[Si](C)(C)OCc1cc(C(=O)Nc2cc(NC(=O)c3cc(CO[Si](C)(C)C(C)(C)C)nc(CO[Si](C)(C)C(C)(C)C)c3)cc(C(=O)O)c2)cc(CO[Si](C)(C)C(C)(C)C)n1. The molecule has 0 aliphatic heterocycles. The number of carbonyl (C=O) groups is 3. The minimum absolute atomic E-state index is 0.0290. The van der Waals surface area contributed by atoms with Gasteiger partial charge in [-0.25, -0.2) is 4.79 Å². The molecule has 0 spiro atoms. The van der Waals surface area contributed by atoms with E-state index in [0.717, 1.165) is 0 Å². The first-order valence-corrected chi connectivity index (χ1v) is 33.5. The maximum absolute atomic E-state index is 14.1. The van der Waals surface area contributed by atoms with Crippen LogP contribution in [-0.4, -0.2) is 66.1 Å². The zero-order chi connectivity index (χ0) is 48.4. The van der Waals surface area contributed by atoms with Crippen molar-refractivity contribution in [2.24, 2.45) is 0 Å². The summed E-state index contributed by atoms with van der Waals surface area (Å²) in [5.74, 6) is -2.18. The van der Waals surface area contributed by atoms with Crippen molar-refractivity contribution in [1.82, 2.24) is 9.97 Å². The number of aromatic carboxylic acids is 1. The summed E-state index contributed by atoms with van der Waals surface area (Å²) < 4.78 is 26.0. The Hall–Kier alpha value is -3.36. The smallest absolute Gasteiger partial charge is 0.335 e. The van der Waals surface area contributed by atoms with Gasteiger partial charge in [0.1, 0.15) is 0 Å². The van der Waals surface area contributed by atoms with Gasteiger partial charge in [-0.1, -0.05) is 83.1 Å². The lowest BCUT2D eigenvalue weighted by molar-refractivity contribution is 0.0696. The van der Waals surface area contributed by atoms with Gasteiger partial charge in [-0.3, -0.25) is 19.6 Å². The fourth-order valence-electron chi connectivity index (χ4n) is 5.04. The molecule has 12 nitrogen and oxygen atoms in total. The molecule has 2 amide bonds. The van der Waals surface area contributed by atoms with Crippen LogP contribution in [0.25, 0.3) is 0 Å². The molecule has 0 aliphatic rings. The number of amides is 2. The van der Waals surface area contributed by atoms with E-state index in [-0.39, 0.29) is 63.5 Å². The highest BCUT2D eigenvalue weighted by Gasteiger charge is 2.40. The summed E-state index contributed by atoms with van der Waals surface area (Å²) in [5.41, 5.74) is 3.25. The van der Waals surface area contributed by atoms with E-state index in [2.05, 4.69) is 146 Å². The van der Waals surface area contributed by atoms with E-state index in [1.54, 1.807) is 24.3 Å². The minimum Gasteiger partial charge on any atom is -0.478 e. The van der Waals surface area contributed by atoms with Gasteiger partial charge in [-0.15, -0.1) is 0 Å². The molecule has 0 radical (unpaired) electrons. The third kappa shape index (κ3) is 14.8. The number of anilines is 2. The van der Waals surface area contributed by atoms with Crippen LogP contribution in [0.1, 0.15) is 137 Å². The number of pyridine rings is 2. The molecule has 0 aliphatic carbocycles. The summed E-state index contributed by atoms with van der Waals surface area (Å²) in [6.45, 7) is 44.2. The number of nitrogens with one attached hydrogen (secondary N) is 2. The summed E-state index contributed by atoms with van der Waals surface area (Å²) >= 11 is 0. The highest BCUT2D eigenvalue weighted by Crippen LogP contribution is 2.40. The second-order valence-electron chi connectivity index (χ2n) is 22.9. The number of nitrogens with zero attached hydrogens (tertiary/aromatic N) is 2. The number of aromatic nitrogens is 2. The quantitative estimate of drug-likeness (QED) is 0.111. The highest BCUT2D eigenvalue weighted by molar-refractivity contribution is 6.75. The van der Waals surface area contributed by atoms with Gasteiger partial charge in [0.15, 0.2) is 33.3 Å². The molecule has 1 aromatic carbocycles. The zero-order valence-electron chi connectivity index (χ0n) is 42.1. The van der Waals surface area contributed by atoms with Gasteiger partial charge < -0.3 is 33.4 Å². The average Bonchev–Trinajstić information content (AvgIpc) is 3.12. The Morgan fingerprint density at radius 2 is 0.683 bits per heavy atom. The molecule has 0 atom stereocenters. The van der Waals surface area contributed by atoms with E-state index in [1.807, 2.05) is 0 Å². The lowest BCUT2D eigenvalue weighted by atomic mass is 10.1. The van der Waals surface area contributed by atoms with Crippen LogP contribution in [0.4, 0.5) is 11.4 Å². The summed E-state index contributed by atoms with van der Waals surface area (Å²) in [5, 5.41) is 15.8. The molecule has 350 valence electrons. The normalized spacial score (nSPS) is 13.5. The van der Waals surface area contributed by atoms with Crippen LogP contribution in [0.2, 0.25) is 72.5 Å². The second kappa shape index (κ2) is 19.6. The fraction of sp³-hybridized carbons (Fsp3) is 0.596. The number of hydrogen-bond donors (Lipinski definition) is 3. The Kier molecular flexibility index (Phi) is 16.8. The summed E-state index contributed by atoms with van der Waals surface area (Å²) in [7, 11) is -8.63. The predicted octanol–water partition coefficient (Wildman–Crippen LogP) is 12.8. The minimum atomic E-state index is -2.16. The second-order valence-corrected chi connectivity index (χ2v) is 42.1. The van der Waals surface area contributed by atoms with E-state index in [1.165, 1.54) is 18.2 Å². The maximum Gasteiger partial charge on any atom is 0.335 e. The predicted molar refractivity (Wildman–Crippen MR) is 266 cm³/mol. The van der Waals surface area contributed by atoms with Crippen LogP contribution in [0.5, 0.6) is 0 Å². The van der Waals surface area contributed by atoms with Crippen molar-refractivity contribution in [3.05, 3.63) is 81.9 Å². The Morgan fingerprint density at radius 3 is 0.889 bits per heavy atom. The van der Waals surface area contributed by atoms with Gasteiger partial charge in [0, 0.05) is 22.5 Å². The molecule has 3 aromatic rings. The lowest BCUT2D eigenvalue weighted by Crippen LogP contribution is -2.41. The molecule has 3 N–H and O–H groups in total. The first-order chi connectivity index (χ1) is 28.3. The Balaban J connectivity index is 2.01. The Morgan fingerprint density at radius 1 is 0.444 bits per heavy atom. The van der Waals surface area contributed by atoms with Gasteiger partial charge in [0.2, 0.25) is 0 Å². The third-order valence-electron chi connectivity index (χ3n) is 13.6. The third-order valence-corrected chi connectivity index (χ3v) is 31.5. The summed E-state index contributed by atoms with van der Waals surface area (Å²) in [4.78, 5) is 50.3.